The molecule has 3 atom stereocenters. The van der Waals surface area contributed by atoms with Crippen molar-refractivity contribution < 1.29 is 38.6 Å². The topological polar surface area (TPSA) is 117 Å². The second-order valence-electron chi connectivity index (χ2n) is 7.70. The first-order valence-corrected chi connectivity index (χ1v) is 8.27. The van der Waals surface area contributed by atoms with Crippen LogP contribution in [0.2, 0.25) is 6.32 Å². The lowest BCUT2D eigenvalue weighted by atomic mass is 9.79. The number of hydrogen-bond acceptors (Lipinski definition) is 5. The number of alkyl halides is 1. The average molecular weight is 361 g/mol. The van der Waals surface area contributed by atoms with E-state index in [4.69, 9.17) is 14.4 Å². The minimum atomic E-state index is -2.55. The van der Waals surface area contributed by atoms with E-state index >= 15 is 4.39 Å². The summed E-state index contributed by atoms with van der Waals surface area (Å²) < 4.78 is 26.8. The quantitative estimate of drug-likeness (QED) is 0.634. The molecule has 2 fully saturated rings. The predicted octanol–water partition coefficient (Wildman–Crippen LogP) is 1.37. The lowest BCUT2D eigenvalue weighted by Gasteiger charge is -2.32. The van der Waals surface area contributed by atoms with E-state index < -0.39 is 54.7 Å². The van der Waals surface area contributed by atoms with Gasteiger partial charge in [-0.2, -0.15) is 0 Å². The number of aliphatic hydroxyl groups excluding tert-OH is 1. The summed E-state index contributed by atoms with van der Waals surface area (Å²) in [6.45, 7) is 6.97. The fourth-order valence-electron chi connectivity index (χ4n) is 3.34. The minimum absolute atomic E-state index is 0.182. The van der Waals surface area contributed by atoms with Crippen LogP contribution in [0.4, 0.5) is 9.18 Å². The van der Waals surface area contributed by atoms with Gasteiger partial charge in [0.05, 0.1) is 17.7 Å². The summed E-state index contributed by atoms with van der Waals surface area (Å²) in [5, 5.41) is 28.2. The number of hydrogen-bond donors (Lipinski definition) is 3. The fourth-order valence-corrected chi connectivity index (χ4v) is 3.34. The number of amides is 1. The van der Waals surface area contributed by atoms with Gasteiger partial charge >= 0.3 is 19.2 Å². The van der Waals surface area contributed by atoms with E-state index in [2.05, 4.69) is 0 Å². The molecule has 3 N–H and O–H groups in total. The molecule has 0 aromatic heterocycles. The molecule has 1 amide bonds. The summed E-state index contributed by atoms with van der Waals surface area (Å²) in [4.78, 5) is 22.9. The maximum absolute atomic E-state index is 15.2. The van der Waals surface area contributed by atoms with E-state index in [1.54, 1.807) is 0 Å². The summed E-state index contributed by atoms with van der Waals surface area (Å²) in [5.74, 6) is -1.61. The zero-order valence-corrected chi connectivity index (χ0v) is 14.9. The van der Waals surface area contributed by atoms with E-state index in [1.165, 1.54) is 0 Å². The third-order valence-corrected chi connectivity index (χ3v) is 5.47. The van der Waals surface area contributed by atoms with Crippen molar-refractivity contribution in [1.29, 1.82) is 0 Å². The Morgan fingerprint density at radius 3 is 2.16 bits per heavy atom. The van der Waals surface area contributed by atoms with E-state index in [1.807, 2.05) is 27.7 Å². The second kappa shape index (κ2) is 6.41. The number of halogens is 1. The highest BCUT2D eigenvalue weighted by atomic mass is 19.1. The van der Waals surface area contributed by atoms with Crippen LogP contribution in [0.25, 0.3) is 0 Å². The molecule has 0 unspecified atom stereocenters. The molecule has 0 bridgehead atoms. The number of aliphatic hydroxyl groups is 1. The third kappa shape index (κ3) is 3.47. The molecule has 2 rings (SSSR count). The van der Waals surface area contributed by atoms with Gasteiger partial charge in [0.25, 0.3) is 0 Å². The SMILES string of the molecule is CC1(C)OB(CCC[C@]2(F)[C@H](O)CN(C(=O)O)[C@@H]2C(=O)O)OC1(C)C. The monoisotopic (exact) mass is 361 g/mol. The van der Waals surface area contributed by atoms with Crippen LogP contribution in [-0.4, -0.2) is 75.0 Å². The highest BCUT2D eigenvalue weighted by molar-refractivity contribution is 6.45. The van der Waals surface area contributed by atoms with Gasteiger partial charge in [-0.15, -0.1) is 0 Å². The Morgan fingerprint density at radius 2 is 1.72 bits per heavy atom. The molecular formula is C15H25BFNO7. The number of nitrogens with zero attached hydrogens (tertiary/aromatic N) is 1. The molecule has 0 aromatic carbocycles. The van der Waals surface area contributed by atoms with Gasteiger partial charge in [-0.3, -0.25) is 4.90 Å². The van der Waals surface area contributed by atoms with Crippen molar-refractivity contribution >= 4 is 19.2 Å². The number of rotatable bonds is 5. The number of carboxylic acid groups (broad SMARTS) is 2. The Labute approximate surface area is 146 Å². The summed E-state index contributed by atoms with van der Waals surface area (Å²) in [7, 11) is -0.564. The third-order valence-electron chi connectivity index (χ3n) is 5.47. The lowest BCUT2D eigenvalue weighted by Crippen LogP contribution is -2.51. The van der Waals surface area contributed by atoms with Crippen LogP contribution < -0.4 is 0 Å². The van der Waals surface area contributed by atoms with Crippen molar-refractivity contribution in [3.63, 3.8) is 0 Å². The number of β-amino-alcohol motifs (C(OH)–C–C–N with tert-alkyl or cyclic N) is 1. The zero-order valence-electron chi connectivity index (χ0n) is 14.9. The van der Waals surface area contributed by atoms with Crippen LogP contribution in [0.15, 0.2) is 0 Å². The highest BCUT2D eigenvalue weighted by Crippen LogP contribution is 2.40. The van der Waals surface area contributed by atoms with E-state index in [0.717, 1.165) is 0 Å². The molecule has 0 aromatic rings. The van der Waals surface area contributed by atoms with Crippen LogP contribution in [0.3, 0.4) is 0 Å². The van der Waals surface area contributed by atoms with Crippen LogP contribution >= 0.6 is 0 Å². The largest absolute Gasteiger partial charge is 0.480 e. The number of carboxylic acids is 1. The molecule has 0 spiro atoms. The van der Waals surface area contributed by atoms with Crippen LogP contribution in [0.5, 0.6) is 0 Å². The van der Waals surface area contributed by atoms with E-state index in [-0.39, 0.29) is 12.8 Å². The molecule has 25 heavy (non-hydrogen) atoms. The van der Waals surface area contributed by atoms with E-state index in [0.29, 0.717) is 11.2 Å². The molecule has 0 aliphatic carbocycles. The van der Waals surface area contributed by atoms with Gasteiger partial charge in [0.2, 0.25) is 0 Å². The van der Waals surface area contributed by atoms with Gasteiger partial charge in [-0.25, -0.2) is 14.0 Å². The van der Waals surface area contributed by atoms with E-state index in [9.17, 15) is 19.8 Å². The first kappa shape index (κ1) is 19.9. The maximum atomic E-state index is 15.2. The van der Waals surface area contributed by atoms with Crippen LogP contribution in [0.1, 0.15) is 40.5 Å². The number of carbonyl (C=O) groups is 2. The Hall–Kier alpha value is -1.39. The van der Waals surface area contributed by atoms with Gasteiger partial charge in [0.1, 0.15) is 6.10 Å². The molecule has 10 heteroatoms. The molecule has 2 aliphatic rings. The van der Waals surface area contributed by atoms with Crippen LogP contribution in [0, 0.1) is 0 Å². The first-order valence-electron chi connectivity index (χ1n) is 8.27. The lowest BCUT2D eigenvalue weighted by molar-refractivity contribution is -0.147. The molecule has 0 radical (unpaired) electrons. The van der Waals surface area contributed by atoms with Crippen molar-refractivity contribution in [2.45, 2.75) is 75.9 Å². The zero-order chi connectivity index (χ0) is 19.2. The number of likely N-dealkylation sites (tertiary alicyclic amines) is 1. The van der Waals surface area contributed by atoms with Gasteiger partial charge in [0, 0.05) is 0 Å². The summed E-state index contributed by atoms with van der Waals surface area (Å²) in [5.41, 5.74) is -3.60. The minimum Gasteiger partial charge on any atom is -0.480 e. The van der Waals surface area contributed by atoms with Gasteiger partial charge < -0.3 is 24.6 Å². The molecule has 8 nitrogen and oxygen atoms in total. The Balaban J connectivity index is 2.01. The van der Waals surface area contributed by atoms with Gasteiger partial charge in [0.15, 0.2) is 11.7 Å². The van der Waals surface area contributed by atoms with Crippen LogP contribution in [-0.2, 0) is 14.1 Å². The molecule has 2 heterocycles. The smallest absolute Gasteiger partial charge is 0.457 e. The standard InChI is InChI=1S/C15H25BFNO7/c1-13(2)14(3,4)25-16(24-13)7-5-6-15(17)9(19)8-18(12(22)23)10(15)11(20)21/h9-10,19H,5-8H2,1-4H3,(H,20,21)(H,22,23)/t9-,10-,15+/m1/s1. The number of aliphatic carboxylic acids is 1. The van der Waals surface area contributed by atoms with Crippen molar-refractivity contribution in [3.8, 4) is 0 Å². The van der Waals surface area contributed by atoms with Crippen molar-refractivity contribution in [3.05, 3.63) is 0 Å². The van der Waals surface area contributed by atoms with Gasteiger partial charge in [-0.1, -0.05) is 6.42 Å². The Morgan fingerprint density at radius 1 is 1.20 bits per heavy atom. The molecule has 2 aliphatic heterocycles. The molecular weight excluding hydrogens is 336 g/mol. The maximum Gasteiger partial charge on any atom is 0.457 e. The van der Waals surface area contributed by atoms with Crippen molar-refractivity contribution in [1.82, 2.24) is 4.90 Å². The van der Waals surface area contributed by atoms with Gasteiger partial charge in [-0.05, 0) is 40.4 Å². The molecule has 142 valence electrons. The Kier molecular flexibility index (Phi) is 5.11. The summed E-state index contributed by atoms with van der Waals surface area (Å²) in [6, 6.07) is -1.93. The summed E-state index contributed by atoms with van der Waals surface area (Å²) >= 11 is 0. The predicted molar refractivity (Wildman–Crippen MR) is 86.1 cm³/mol. The second-order valence-corrected chi connectivity index (χ2v) is 7.70. The fraction of sp³-hybridized carbons (Fsp3) is 0.867. The summed E-state index contributed by atoms with van der Waals surface area (Å²) in [6.07, 6.45) is -3.08. The Bertz CT molecular complexity index is 542. The normalized spacial score (nSPS) is 33.7. The van der Waals surface area contributed by atoms with Crippen molar-refractivity contribution in [2.24, 2.45) is 0 Å². The highest BCUT2D eigenvalue weighted by Gasteiger charge is 2.60. The average Bonchev–Trinajstić information content (AvgIpc) is 2.81. The molecule has 0 saturated carbocycles. The van der Waals surface area contributed by atoms with Crippen molar-refractivity contribution in [2.75, 3.05) is 6.54 Å². The first-order chi connectivity index (χ1) is 11.3. The molecule has 2 saturated heterocycles.